The Labute approximate surface area is 357 Å². The summed E-state index contributed by atoms with van der Waals surface area (Å²) in [7, 11) is 0. The van der Waals surface area contributed by atoms with Crippen molar-refractivity contribution in [3.8, 4) is 22.3 Å². The number of rotatable bonds is 6. The van der Waals surface area contributed by atoms with Crippen molar-refractivity contribution in [2.24, 2.45) is 0 Å². The number of fused-ring (bicyclic) bond motifs is 15. The van der Waals surface area contributed by atoms with Crippen molar-refractivity contribution in [1.82, 2.24) is 0 Å². The molecule has 61 heavy (non-hydrogen) atoms. The van der Waals surface area contributed by atoms with Crippen molar-refractivity contribution >= 4 is 76.6 Å². The van der Waals surface area contributed by atoms with Gasteiger partial charge < -0.3 is 14.2 Å². The monoisotopic (exact) mass is 796 g/mol. The van der Waals surface area contributed by atoms with Gasteiger partial charge in [0.2, 0.25) is 0 Å². The topological polar surface area (TPSA) is 19.6 Å². The van der Waals surface area contributed by atoms with E-state index in [-0.39, 0.29) is 0 Å². The van der Waals surface area contributed by atoms with Crippen molar-refractivity contribution < 1.29 is 4.42 Å². The number of anilines is 6. The van der Waals surface area contributed by atoms with Crippen LogP contribution in [0, 0.1) is 0 Å². The minimum absolute atomic E-state index is 0.726. The summed E-state index contributed by atoms with van der Waals surface area (Å²) in [5.41, 5.74) is 15.3. The summed E-state index contributed by atoms with van der Waals surface area (Å²) < 4.78 is 9.83. The lowest BCUT2D eigenvalue weighted by Gasteiger charge is -2.32. The number of furan rings is 1. The SMILES string of the molecule is c1ccc(N(c2ccccc2)c2ccc3c(c2)C2(c4ccccc4-c4ccc(N(c5ccccc5)c5ccc6sc7ccccc7c6c5)cc42)c2oc4ccccc4c2-3)cc1. The van der Waals surface area contributed by atoms with Crippen molar-refractivity contribution in [1.29, 1.82) is 0 Å². The van der Waals surface area contributed by atoms with Crippen LogP contribution in [0.3, 0.4) is 0 Å². The highest BCUT2D eigenvalue weighted by molar-refractivity contribution is 7.25. The van der Waals surface area contributed by atoms with Gasteiger partial charge in [-0.25, -0.2) is 0 Å². The molecular weight excluding hydrogens is 761 g/mol. The number of hydrogen-bond donors (Lipinski definition) is 0. The van der Waals surface area contributed by atoms with E-state index in [0.717, 1.165) is 50.9 Å². The van der Waals surface area contributed by atoms with Crippen molar-refractivity contribution in [3.63, 3.8) is 0 Å². The van der Waals surface area contributed by atoms with Gasteiger partial charge in [0.15, 0.2) is 0 Å². The molecule has 286 valence electrons. The molecule has 4 heteroatoms. The van der Waals surface area contributed by atoms with Crippen molar-refractivity contribution in [2.45, 2.75) is 5.41 Å². The van der Waals surface area contributed by atoms with Crippen LogP contribution in [0.25, 0.3) is 53.4 Å². The average Bonchev–Trinajstić information content (AvgIpc) is 4.05. The number of hydrogen-bond acceptors (Lipinski definition) is 4. The molecule has 0 amide bonds. The summed E-state index contributed by atoms with van der Waals surface area (Å²) in [5, 5.41) is 3.70. The van der Waals surface area contributed by atoms with Crippen molar-refractivity contribution in [3.05, 3.63) is 241 Å². The van der Waals surface area contributed by atoms with E-state index in [1.54, 1.807) is 0 Å². The Morgan fingerprint density at radius 2 is 0.836 bits per heavy atom. The van der Waals surface area contributed by atoms with Gasteiger partial charge in [-0.05, 0) is 124 Å². The Hall–Kier alpha value is -7.66. The quantitative estimate of drug-likeness (QED) is 0.167. The van der Waals surface area contributed by atoms with Gasteiger partial charge in [0.1, 0.15) is 16.8 Å². The van der Waals surface area contributed by atoms with Gasteiger partial charge in [-0.2, -0.15) is 0 Å². The molecule has 2 aliphatic rings. The van der Waals surface area contributed by atoms with Gasteiger partial charge in [-0.1, -0.05) is 127 Å². The summed E-state index contributed by atoms with van der Waals surface area (Å²) in [6.45, 7) is 0. The molecule has 2 heterocycles. The van der Waals surface area contributed by atoms with Gasteiger partial charge in [-0.15, -0.1) is 11.3 Å². The third-order valence-electron chi connectivity index (χ3n) is 12.8. The largest absolute Gasteiger partial charge is 0.459 e. The fraction of sp³-hybridized carbons (Fsp3) is 0.0175. The van der Waals surface area contributed by atoms with Crippen LogP contribution in [0.15, 0.2) is 223 Å². The maximum Gasteiger partial charge on any atom is 0.135 e. The summed E-state index contributed by atoms with van der Waals surface area (Å²) in [4.78, 5) is 4.78. The Balaban J connectivity index is 1.10. The normalized spacial score (nSPS) is 14.6. The smallest absolute Gasteiger partial charge is 0.135 e. The van der Waals surface area contributed by atoms with Crippen LogP contribution in [-0.4, -0.2) is 0 Å². The van der Waals surface area contributed by atoms with Crippen molar-refractivity contribution in [2.75, 3.05) is 9.80 Å². The molecule has 0 radical (unpaired) electrons. The van der Waals surface area contributed by atoms with Gasteiger partial charge >= 0.3 is 0 Å². The van der Waals surface area contributed by atoms with Crippen LogP contribution in [0.2, 0.25) is 0 Å². The van der Waals surface area contributed by atoms with E-state index in [4.69, 9.17) is 4.42 Å². The van der Waals surface area contributed by atoms with Gasteiger partial charge in [0.25, 0.3) is 0 Å². The molecule has 2 aliphatic carbocycles. The van der Waals surface area contributed by atoms with E-state index in [1.165, 1.54) is 59.1 Å². The van der Waals surface area contributed by atoms with Crippen LogP contribution in [0.4, 0.5) is 34.1 Å². The van der Waals surface area contributed by atoms with Gasteiger partial charge in [0.05, 0.1) is 0 Å². The molecule has 0 bridgehead atoms. The standard InChI is InChI=1S/C57H36N2OS/c1-4-16-37(17-5-1)58(38-18-6-2-7-19-38)41-29-32-46-51(36-41)57(56-55(46)47-24-11-14-26-52(47)60-56)49-25-13-10-22-43(49)44-31-28-42(35-50(44)57)59(39-20-8-3-9-21-39)40-30-33-54-48(34-40)45-23-12-15-27-53(45)61-54/h1-36H. The first-order valence-corrected chi connectivity index (χ1v) is 21.7. The Morgan fingerprint density at radius 3 is 1.54 bits per heavy atom. The molecule has 3 nitrogen and oxygen atoms in total. The molecule has 2 aromatic heterocycles. The van der Waals surface area contributed by atoms with E-state index < -0.39 is 5.41 Å². The zero-order chi connectivity index (χ0) is 40.1. The molecule has 0 fully saturated rings. The van der Waals surface area contributed by atoms with Gasteiger partial charge in [0, 0.05) is 65.2 Å². The fourth-order valence-electron chi connectivity index (χ4n) is 10.3. The lowest BCUT2D eigenvalue weighted by molar-refractivity contribution is 0.507. The zero-order valence-corrected chi connectivity index (χ0v) is 33.8. The van der Waals surface area contributed by atoms with Crippen LogP contribution in [0.1, 0.15) is 22.5 Å². The van der Waals surface area contributed by atoms with E-state index in [9.17, 15) is 0 Å². The molecular formula is C57H36N2OS. The Bertz CT molecular complexity index is 3460. The van der Waals surface area contributed by atoms with E-state index in [0.29, 0.717) is 0 Å². The Kier molecular flexibility index (Phi) is 7.39. The summed E-state index contributed by atoms with van der Waals surface area (Å²) in [6, 6.07) is 79.5. The lowest BCUT2D eigenvalue weighted by Crippen LogP contribution is -2.26. The second-order valence-corrected chi connectivity index (χ2v) is 17.1. The highest BCUT2D eigenvalue weighted by atomic mass is 32.1. The van der Waals surface area contributed by atoms with Crippen LogP contribution in [0.5, 0.6) is 0 Å². The highest BCUT2D eigenvalue weighted by Crippen LogP contribution is 2.65. The first-order valence-electron chi connectivity index (χ1n) is 20.8. The van der Waals surface area contributed by atoms with E-state index in [1.807, 2.05) is 11.3 Å². The molecule has 0 aliphatic heterocycles. The molecule has 0 N–H and O–H groups in total. The maximum atomic E-state index is 7.24. The predicted molar refractivity (Wildman–Crippen MR) is 255 cm³/mol. The first kappa shape index (κ1) is 34.2. The fourth-order valence-corrected chi connectivity index (χ4v) is 11.4. The van der Waals surface area contributed by atoms with Gasteiger partial charge in [-0.3, -0.25) is 0 Å². The van der Waals surface area contributed by atoms with E-state index in [2.05, 4.69) is 228 Å². The Morgan fingerprint density at radius 1 is 0.344 bits per heavy atom. The van der Waals surface area contributed by atoms with E-state index >= 15 is 0 Å². The summed E-state index contributed by atoms with van der Waals surface area (Å²) >= 11 is 1.85. The highest BCUT2D eigenvalue weighted by Gasteiger charge is 2.55. The first-order chi connectivity index (χ1) is 30.3. The third-order valence-corrected chi connectivity index (χ3v) is 14.0. The second-order valence-electron chi connectivity index (χ2n) is 16.0. The average molecular weight is 797 g/mol. The van der Waals surface area contributed by atoms with Crippen LogP contribution >= 0.6 is 11.3 Å². The molecule has 1 unspecified atom stereocenters. The molecule has 1 atom stereocenters. The maximum absolute atomic E-state index is 7.24. The number of nitrogens with zero attached hydrogens (tertiary/aromatic N) is 2. The summed E-state index contributed by atoms with van der Waals surface area (Å²) in [5.74, 6) is 0.979. The number of benzene rings is 9. The molecule has 0 saturated carbocycles. The minimum Gasteiger partial charge on any atom is -0.459 e. The predicted octanol–water partition coefficient (Wildman–Crippen LogP) is 16.1. The van der Waals surface area contributed by atoms with Crippen LogP contribution < -0.4 is 9.80 Å². The lowest BCUT2D eigenvalue weighted by atomic mass is 9.73. The minimum atomic E-state index is -0.726. The molecule has 9 aromatic carbocycles. The summed E-state index contributed by atoms with van der Waals surface area (Å²) in [6.07, 6.45) is 0. The molecule has 0 saturated heterocycles. The molecule has 11 aromatic rings. The molecule has 13 rings (SSSR count). The molecule has 1 spiro atoms. The second kappa shape index (κ2) is 13.2. The van der Waals surface area contributed by atoms with Crippen LogP contribution in [-0.2, 0) is 5.41 Å². The third kappa shape index (κ3) is 4.91. The number of thiophene rings is 1. The zero-order valence-electron chi connectivity index (χ0n) is 33.0. The number of para-hydroxylation sites is 4.